The first-order chi connectivity index (χ1) is 10.1. The second kappa shape index (κ2) is 7.71. The molecule has 0 spiro atoms. The lowest BCUT2D eigenvalue weighted by Gasteiger charge is -2.24. The molecule has 0 radical (unpaired) electrons. The minimum Gasteiger partial charge on any atom is -0.340 e. The molecule has 1 aromatic rings. The number of amides is 1. The zero-order chi connectivity index (χ0) is 14.8. The van der Waals surface area contributed by atoms with Gasteiger partial charge in [0.1, 0.15) is 0 Å². The Balaban J connectivity index is 0.00000176. The van der Waals surface area contributed by atoms with Crippen molar-refractivity contribution in [2.75, 3.05) is 18.8 Å². The SMILES string of the molecule is Cc1ccc(C)c(SCC(=O)N2CCC3CCC(C2)N3)c1.Cl. The number of nitrogens with one attached hydrogen (secondary N) is 1. The summed E-state index contributed by atoms with van der Waals surface area (Å²) in [4.78, 5) is 15.8. The predicted molar refractivity (Wildman–Crippen MR) is 95.0 cm³/mol. The summed E-state index contributed by atoms with van der Waals surface area (Å²) >= 11 is 1.68. The highest BCUT2D eigenvalue weighted by Crippen LogP contribution is 2.25. The van der Waals surface area contributed by atoms with Crippen LogP contribution < -0.4 is 5.32 Å². The van der Waals surface area contributed by atoms with Gasteiger partial charge in [-0.2, -0.15) is 0 Å². The van der Waals surface area contributed by atoms with Crippen molar-refractivity contribution in [3.05, 3.63) is 29.3 Å². The minimum absolute atomic E-state index is 0. The summed E-state index contributed by atoms with van der Waals surface area (Å²) in [7, 11) is 0. The molecule has 122 valence electrons. The van der Waals surface area contributed by atoms with Crippen LogP contribution in [0.3, 0.4) is 0 Å². The molecule has 1 N–H and O–H groups in total. The zero-order valence-corrected chi connectivity index (χ0v) is 14.9. The molecule has 1 amide bonds. The van der Waals surface area contributed by atoms with Crippen LogP contribution in [0.1, 0.15) is 30.4 Å². The largest absolute Gasteiger partial charge is 0.340 e. The van der Waals surface area contributed by atoms with Crippen LogP contribution in [0.25, 0.3) is 0 Å². The Kier molecular flexibility index (Phi) is 6.18. The Morgan fingerprint density at radius 3 is 2.86 bits per heavy atom. The molecule has 2 heterocycles. The summed E-state index contributed by atoms with van der Waals surface area (Å²) in [6.07, 6.45) is 3.61. The highest BCUT2D eigenvalue weighted by Gasteiger charge is 2.30. The molecule has 2 aliphatic heterocycles. The molecular formula is C17H25ClN2OS. The van der Waals surface area contributed by atoms with Crippen LogP contribution in [0.5, 0.6) is 0 Å². The van der Waals surface area contributed by atoms with Crippen LogP contribution in [0.4, 0.5) is 0 Å². The number of benzene rings is 1. The molecular weight excluding hydrogens is 316 g/mol. The zero-order valence-electron chi connectivity index (χ0n) is 13.3. The Hall–Kier alpha value is -0.710. The van der Waals surface area contributed by atoms with E-state index in [1.807, 2.05) is 0 Å². The minimum atomic E-state index is 0. The number of halogens is 1. The monoisotopic (exact) mass is 340 g/mol. The van der Waals surface area contributed by atoms with Gasteiger partial charge in [0.25, 0.3) is 0 Å². The maximum atomic E-state index is 12.5. The topological polar surface area (TPSA) is 32.3 Å². The smallest absolute Gasteiger partial charge is 0.232 e. The average molecular weight is 341 g/mol. The van der Waals surface area contributed by atoms with Crippen molar-refractivity contribution in [1.82, 2.24) is 10.2 Å². The van der Waals surface area contributed by atoms with Crippen molar-refractivity contribution in [3.8, 4) is 0 Å². The molecule has 2 atom stereocenters. The van der Waals surface area contributed by atoms with Gasteiger partial charge < -0.3 is 10.2 Å². The van der Waals surface area contributed by atoms with Gasteiger partial charge in [0.05, 0.1) is 5.75 Å². The number of likely N-dealkylation sites (tertiary alicyclic amines) is 1. The van der Waals surface area contributed by atoms with Gasteiger partial charge in [0, 0.05) is 30.1 Å². The van der Waals surface area contributed by atoms with Crippen LogP contribution in [0, 0.1) is 13.8 Å². The van der Waals surface area contributed by atoms with Gasteiger partial charge in [0.2, 0.25) is 5.91 Å². The quantitative estimate of drug-likeness (QED) is 0.858. The molecule has 2 fully saturated rings. The van der Waals surface area contributed by atoms with E-state index in [0.29, 0.717) is 17.8 Å². The number of fused-ring (bicyclic) bond motifs is 2. The highest BCUT2D eigenvalue weighted by molar-refractivity contribution is 8.00. The standard InChI is InChI=1S/C17H24N2OS.ClH/c1-12-3-4-13(2)16(9-12)21-11-17(20)19-8-7-14-5-6-15(10-19)18-14;/h3-4,9,14-15,18H,5-8,10-11H2,1-2H3;1H. The predicted octanol–water partition coefficient (Wildman–Crippen LogP) is 3.17. The van der Waals surface area contributed by atoms with E-state index in [0.717, 1.165) is 19.5 Å². The van der Waals surface area contributed by atoms with Crippen molar-refractivity contribution in [3.63, 3.8) is 0 Å². The Morgan fingerprint density at radius 2 is 2.05 bits per heavy atom. The van der Waals surface area contributed by atoms with Gasteiger partial charge in [0.15, 0.2) is 0 Å². The van der Waals surface area contributed by atoms with Crippen molar-refractivity contribution in [1.29, 1.82) is 0 Å². The van der Waals surface area contributed by atoms with E-state index in [-0.39, 0.29) is 18.3 Å². The van der Waals surface area contributed by atoms with E-state index < -0.39 is 0 Å². The van der Waals surface area contributed by atoms with Gasteiger partial charge in [-0.05, 0) is 44.7 Å². The third kappa shape index (κ3) is 4.18. The first-order valence-corrected chi connectivity index (χ1v) is 8.84. The number of carbonyl (C=O) groups excluding carboxylic acids is 1. The Labute approximate surface area is 143 Å². The van der Waals surface area contributed by atoms with E-state index in [4.69, 9.17) is 0 Å². The van der Waals surface area contributed by atoms with Crippen LogP contribution >= 0.6 is 24.2 Å². The molecule has 2 aliphatic rings. The van der Waals surface area contributed by atoms with E-state index in [2.05, 4.69) is 42.3 Å². The molecule has 0 aromatic heterocycles. The summed E-state index contributed by atoms with van der Waals surface area (Å²) in [6, 6.07) is 7.60. The molecule has 0 aliphatic carbocycles. The van der Waals surface area contributed by atoms with Gasteiger partial charge in [-0.3, -0.25) is 4.79 Å². The van der Waals surface area contributed by atoms with E-state index in [9.17, 15) is 4.79 Å². The molecule has 1 aromatic carbocycles. The lowest BCUT2D eigenvalue weighted by Crippen LogP contribution is -2.39. The lowest BCUT2D eigenvalue weighted by molar-refractivity contribution is -0.128. The molecule has 2 unspecified atom stereocenters. The lowest BCUT2D eigenvalue weighted by atomic mass is 10.1. The number of aryl methyl sites for hydroxylation is 2. The van der Waals surface area contributed by atoms with Gasteiger partial charge >= 0.3 is 0 Å². The highest BCUT2D eigenvalue weighted by atomic mass is 35.5. The maximum Gasteiger partial charge on any atom is 0.232 e. The number of carbonyl (C=O) groups is 1. The van der Waals surface area contributed by atoms with Crippen LogP contribution in [0.15, 0.2) is 23.1 Å². The third-order valence-corrected chi connectivity index (χ3v) is 5.71. The number of nitrogens with zero attached hydrogens (tertiary/aromatic N) is 1. The summed E-state index contributed by atoms with van der Waals surface area (Å²) in [5.41, 5.74) is 2.52. The van der Waals surface area contributed by atoms with E-state index in [1.54, 1.807) is 11.8 Å². The van der Waals surface area contributed by atoms with Gasteiger partial charge in [-0.1, -0.05) is 17.7 Å². The normalized spacial score (nSPS) is 23.8. The van der Waals surface area contributed by atoms with Crippen molar-refractivity contribution in [2.45, 2.75) is 50.1 Å². The van der Waals surface area contributed by atoms with Crippen LogP contribution in [-0.4, -0.2) is 41.7 Å². The molecule has 3 nitrogen and oxygen atoms in total. The number of hydrogen-bond acceptors (Lipinski definition) is 3. The summed E-state index contributed by atoms with van der Waals surface area (Å²) in [6.45, 7) is 6.02. The first-order valence-electron chi connectivity index (χ1n) is 7.85. The van der Waals surface area contributed by atoms with Crippen LogP contribution in [0.2, 0.25) is 0 Å². The van der Waals surface area contributed by atoms with Crippen molar-refractivity contribution >= 4 is 30.1 Å². The fraction of sp³-hybridized carbons (Fsp3) is 0.588. The number of rotatable bonds is 3. The van der Waals surface area contributed by atoms with Gasteiger partial charge in [-0.15, -0.1) is 24.2 Å². The van der Waals surface area contributed by atoms with Crippen LogP contribution in [-0.2, 0) is 4.79 Å². The van der Waals surface area contributed by atoms with E-state index in [1.165, 1.54) is 28.9 Å². The average Bonchev–Trinajstić information content (AvgIpc) is 2.79. The first kappa shape index (κ1) is 17.6. The summed E-state index contributed by atoms with van der Waals surface area (Å²) in [5.74, 6) is 0.844. The molecule has 2 bridgehead atoms. The fourth-order valence-electron chi connectivity index (χ4n) is 3.26. The second-order valence-electron chi connectivity index (χ2n) is 6.32. The Morgan fingerprint density at radius 1 is 1.27 bits per heavy atom. The van der Waals surface area contributed by atoms with Crippen molar-refractivity contribution in [2.24, 2.45) is 0 Å². The van der Waals surface area contributed by atoms with Crippen molar-refractivity contribution < 1.29 is 4.79 Å². The summed E-state index contributed by atoms with van der Waals surface area (Å²) in [5, 5.41) is 3.63. The number of thioether (sulfide) groups is 1. The molecule has 0 saturated carbocycles. The number of hydrogen-bond donors (Lipinski definition) is 1. The third-order valence-electron chi connectivity index (χ3n) is 4.57. The summed E-state index contributed by atoms with van der Waals surface area (Å²) < 4.78 is 0. The molecule has 2 saturated heterocycles. The Bertz CT molecular complexity index is 537. The van der Waals surface area contributed by atoms with Gasteiger partial charge in [-0.25, -0.2) is 0 Å². The van der Waals surface area contributed by atoms with E-state index >= 15 is 0 Å². The molecule has 3 rings (SSSR count). The fourth-order valence-corrected chi connectivity index (χ4v) is 4.29. The molecule has 22 heavy (non-hydrogen) atoms. The second-order valence-corrected chi connectivity index (χ2v) is 7.34. The maximum absolute atomic E-state index is 12.5. The molecule has 5 heteroatoms.